The van der Waals surface area contributed by atoms with Gasteiger partial charge in [-0.2, -0.15) is 0 Å². The maximum Gasteiger partial charge on any atom is 0.251 e. The number of nitrogens with one attached hydrogen (secondary N) is 1. The van der Waals surface area contributed by atoms with Crippen LogP contribution in [0.5, 0.6) is 0 Å². The van der Waals surface area contributed by atoms with Gasteiger partial charge in [-0.3, -0.25) is 9.69 Å². The molecule has 0 heterocycles. The molecule has 1 atom stereocenters. The van der Waals surface area contributed by atoms with Gasteiger partial charge in [0.1, 0.15) is 0 Å². The molecular weight excluding hydrogens is 204 g/mol. The molecule has 0 aliphatic heterocycles. The Morgan fingerprint density at radius 2 is 2.07 bits per heavy atom. The predicted molar refractivity (Wildman–Crippen MR) is 54.8 cm³/mol. The van der Waals surface area contributed by atoms with E-state index in [1.54, 1.807) is 0 Å². The lowest BCUT2D eigenvalue weighted by atomic mass is 10.2. The Bertz CT molecular complexity index is 190. The Balaban J connectivity index is 3.98. The first-order valence-corrected chi connectivity index (χ1v) is 4.96. The largest absolute Gasteiger partial charge is 0.368 e. The average Bonchev–Trinajstić information content (AvgIpc) is 2.10. The molecule has 0 rings (SSSR count). The fraction of sp³-hybridized carbons (Fsp3) is 0.889. The van der Waals surface area contributed by atoms with Crippen molar-refractivity contribution in [3.8, 4) is 0 Å². The van der Waals surface area contributed by atoms with Crippen molar-refractivity contribution in [2.24, 2.45) is 5.73 Å². The van der Waals surface area contributed by atoms with E-state index in [-0.39, 0.29) is 13.1 Å². The van der Waals surface area contributed by atoms with Gasteiger partial charge in [-0.1, -0.05) is 6.92 Å². The minimum absolute atomic E-state index is 0.208. The number of amides is 1. The standard InChI is InChI=1S/C9H19F2N3O/c1-3-4-13-7(9(12)15)5-14(2)6-8(10)11/h7-8,13H,3-6H2,1-2H3,(H2,12,15). The summed E-state index contributed by atoms with van der Waals surface area (Å²) < 4.78 is 24.0. The monoisotopic (exact) mass is 223 g/mol. The van der Waals surface area contributed by atoms with Crippen molar-refractivity contribution in [1.82, 2.24) is 10.2 Å². The Kier molecular flexibility index (Phi) is 7.15. The Hall–Kier alpha value is -0.750. The highest BCUT2D eigenvalue weighted by molar-refractivity contribution is 5.80. The van der Waals surface area contributed by atoms with E-state index >= 15 is 0 Å². The third-order valence-corrected chi connectivity index (χ3v) is 1.93. The topological polar surface area (TPSA) is 58.4 Å². The minimum atomic E-state index is -2.39. The van der Waals surface area contributed by atoms with Crippen LogP contribution in [-0.2, 0) is 4.79 Å². The van der Waals surface area contributed by atoms with Gasteiger partial charge in [-0.15, -0.1) is 0 Å². The summed E-state index contributed by atoms with van der Waals surface area (Å²) in [7, 11) is 1.54. The van der Waals surface area contributed by atoms with Crippen LogP contribution in [0.4, 0.5) is 8.78 Å². The molecule has 0 aliphatic carbocycles. The maximum absolute atomic E-state index is 12.0. The smallest absolute Gasteiger partial charge is 0.251 e. The lowest BCUT2D eigenvalue weighted by Gasteiger charge is -2.22. The Labute approximate surface area is 88.8 Å². The van der Waals surface area contributed by atoms with Crippen LogP contribution in [0.15, 0.2) is 0 Å². The second-order valence-corrected chi connectivity index (χ2v) is 3.52. The van der Waals surface area contributed by atoms with E-state index in [1.165, 1.54) is 11.9 Å². The number of rotatable bonds is 8. The summed E-state index contributed by atoms with van der Waals surface area (Å²) in [4.78, 5) is 12.4. The summed E-state index contributed by atoms with van der Waals surface area (Å²) in [6, 6.07) is -0.561. The van der Waals surface area contributed by atoms with E-state index in [1.807, 2.05) is 6.92 Å². The summed E-state index contributed by atoms with van der Waals surface area (Å²) in [6.45, 7) is 2.46. The van der Waals surface area contributed by atoms with Gasteiger partial charge in [0.15, 0.2) is 0 Å². The maximum atomic E-state index is 12.0. The van der Waals surface area contributed by atoms with Gasteiger partial charge < -0.3 is 11.1 Å². The van der Waals surface area contributed by atoms with Crippen molar-refractivity contribution in [2.45, 2.75) is 25.8 Å². The van der Waals surface area contributed by atoms with Crippen LogP contribution in [0.1, 0.15) is 13.3 Å². The lowest BCUT2D eigenvalue weighted by molar-refractivity contribution is -0.120. The van der Waals surface area contributed by atoms with Gasteiger partial charge in [0.25, 0.3) is 6.43 Å². The molecular formula is C9H19F2N3O. The molecule has 1 unspecified atom stereocenters. The van der Waals surface area contributed by atoms with E-state index in [0.717, 1.165) is 6.42 Å². The van der Waals surface area contributed by atoms with Crippen molar-refractivity contribution < 1.29 is 13.6 Å². The normalized spacial score (nSPS) is 13.5. The van der Waals surface area contributed by atoms with Crippen LogP contribution < -0.4 is 11.1 Å². The summed E-state index contributed by atoms with van der Waals surface area (Å²) in [6.07, 6.45) is -1.53. The van der Waals surface area contributed by atoms with Gasteiger partial charge in [-0.25, -0.2) is 8.78 Å². The zero-order chi connectivity index (χ0) is 11.8. The predicted octanol–water partition coefficient (Wildman–Crippen LogP) is 0.0368. The molecule has 0 spiro atoms. The van der Waals surface area contributed by atoms with Gasteiger partial charge in [0, 0.05) is 6.54 Å². The third-order valence-electron chi connectivity index (χ3n) is 1.93. The van der Waals surface area contributed by atoms with E-state index < -0.39 is 18.4 Å². The highest BCUT2D eigenvalue weighted by Crippen LogP contribution is 1.97. The fourth-order valence-electron chi connectivity index (χ4n) is 1.20. The number of carbonyl (C=O) groups excluding carboxylic acids is 1. The quantitative estimate of drug-likeness (QED) is 0.610. The van der Waals surface area contributed by atoms with Crippen LogP contribution in [0.2, 0.25) is 0 Å². The van der Waals surface area contributed by atoms with Crippen LogP contribution >= 0.6 is 0 Å². The summed E-state index contributed by atoms with van der Waals surface area (Å²) >= 11 is 0. The van der Waals surface area contributed by atoms with Gasteiger partial charge >= 0.3 is 0 Å². The second-order valence-electron chi connectivity index (χ2n) is 3.52. The second kappa shape index (κ2) is 7.53. The molecule has 90 valence electrons. The summed E-state index contributed by atoms with van der Waals surface area (Å²) in [5, 5.41) is 2.91. The minimum Gasteiger partial charge on any atom is -0.368 e. The van der Waals surface area contributed by atoms with Crippen molar-refractivity contribution >= 4 is 5.91 Å². The van der Waals surface area contributed by atoms with Crippen molar-refractivity contribution in [3.05, 3.63) is 0 Å². The molecule has 15 heavy (non-hydrogen) atoms. The van der Waals surface area contributed by atoms with Gasteiger partial charge in [-0.05, 0) is 20.0 Å². The molecule has 0 saturated carbocycles. The molecule has 6 heteroatoms. The zero-order valence-corrected chi connectivity index (χ0v) is 9.17. The van der Waals surface area contributed by atoms with Crippen LogP contribution in [-0.4, -0.2) is 50.0 Å². The van der Waals surface area contributed by atoms with E-state index in [4.69, 9.17) is 5.73 Å². The number of hydrogen-bond acceptors (Lipinski definition) is 3. The van der Waals surface area contributed by atoms with Crippen LogP contribution in [0.3, 0.4) is 0 Å². The number of likely N-dealkylation sites (N-methyl/N-ethyl adjacent to an activating group) is 1. The lowest BCUT2D eigenvalue weighted by Crippen LogP contribution is -2.49. The molecule has 0 radical (unpaired) electrons. The van der Waals surface area contributed by atoms with Crippen molar-refractivity contribution in [3.63, 3.8) is 0 Å². The zero-order valence-electron chi connectivity index (χ0n) is 9.17. The van der Waals surface area contributed by atoms with Crippen molar-refractivity contribution in [2.75, 3.05) is 26.7 Å². The van der Waals surface area contributed by atoms with E-state index in [9.17, 15) is 13.6 Å². The molecule has 0 bridgehead atoms. The van der Waals surface area contributed by atoms with Crippen LogP contribution in [0.25, 0.3) is 0 Å². The number of nitrogens with two attached hydrogens (primary N) is 1. The molecule has 4 nitrogen and oxygen atoms in total. The molecule has 0 fully saturated rings. The first-order chi connectivity index (χ1) is 6.97. The number of hydrogen-bond donors (Lipinski definition) is 2. The first kappa shape index (κ1) is 14.2. The highest BCUT2D eigenvalue weighted by atomic mass is 19.3. The van der Waals surface area contributed by atoms with Crippen molar-refractivity contribution in [1.29, 1.82) is 0 Å². The molecule has 3 N–H and O–H groups in total. The van der Waals surface area contributed by atoms with Gasteiger partial charge in [0.05, 0.1) is 12.6 Å². The molecule has 0 aromatic heterocycles. The number of nitrogens with zero attached hydrogens (tertiary/aromatic N) is 1. The number of alkyl halides is 2. The summed E-state index contributed by atoms with van der Waals surface area (Å²) in [5.74, 6) is -0.510. The molecule has 0 aromatic carbocycles. The van der Waals surface area contributed by atoms with Gasteiger partial charge in [0.2, 0.25) is 5.91 Å². The van der Waals surface area contributed by atoms with Crippen LogP contribution in [0, 0.1) is 0 Å². The number of carbonyl (C=O) groups is 1. The highest BCUT2D eigenvalue weighted by Gasteiger charge is 2.18. The number of primary amides is 1. The SMILES string of the molecule is CCCNC(CN(C)CC(F)F)C(N)=O. The summed E-state index contributed by atoms with van der Waals surface area (Å²) in [5.41, 5.74) is 5.14. The Morgan fingerprint density at radius 3 is 2.47 bits per heavy atom. The fourth-order valence-corrected chi connectivity index (χ4v) is 1.20. The average molecular weight is 223 g/mol. The van der Waals surface area contributed by atoms with E-state index in [2.05, 4.69) is 5.32 Å². The molecule has 0 aliphatic rings. The molecule has 0 saturated heterocycles. The first-order valence-electron chi connectivity index (χ1n) is 4.96. The molecule has 1 amide bonds. The molecule has 0 aromatic rings. The Morgan fingerprint density at radius 1 is 1.47 bits per heavy atom. The third kappa shape index (κ3) is 7.21. The number of halogens is 2. The van der Waals surface area contributed by atoms with E-state index in [0.29, 0.717) is 6.54 Å².